The van der Waals surface area contributed by atoms with Crippen LogP contribution in [0.3, 0.4) is 0 Å². The number of alkyl carbamates (subject to hydrolysis) is 1. The van der Waals surface area contributed by atoms with Crippen LogP contribution in [0.4, 0.5) is 10.5 Å². The van der Waals surface area contributed by atoms with Crippen molar-refractivity contribution in [2.24, 2.45) is 0 Å². The molecule has 0 heterocycles. The van der Waals surface area contributed by atoms with Crippen LogP contribution in [0.2, 0.25) is 0 Å². The molecule has 1 fully saturated rings. The van der Waals surface area contributed by atoms with Gasteiger partial charge in [0.05, 0.1) is 6.61 Å². The molecule has 1 aromatic rings. The highest BCUT2D eigenvalue weighted by Crippen LogP contribution is 2.42. The number of amides is 1. The molecule has 1 saturated carbocycles. The first-order valence-electron chi connectivity index (χ1n) is 8.78. The summed E-state index contributed by atoms with van der Waals surface area (Å²) < 4.78 is 11.0. The second kappa shape index (κ2) is 8.38. The molecule has 134 valence electrons. The highest BCUT2D eigenvalue weighted by atomic mass is 16.6. The van der Waals surface area contributed by atoms with Crippen LogP contribution in [0.15, 0.2) is 18.2 Å². The molecule has 0 radical (unpaired) electrons. The summed E-state index contributed by atoms with van der Waals surface area (Å²) in [6, 6.07) is 6.13. The van der Waals surface area contributed by atoms with E-state index in [1.165, 1.54) is 24.0 Å². The lowest BCUT2D eigenvalue weighted by Crippen LogP contribution is -2.33. The van der Waals surface area contributed by atoms with Gasteiger partial charge in [-0.15, -0.1) is 0 Å². The zero-order chi connectivity index (χ0) is 17.6. The first kappa shape index (κ1) is 18.6. The van der Waals surface area contributed by atoms with E-state index in [2.05, 4.69) is 11.4 Å². The maximum absolute atomic E-state index is 11.5. The van der Waals surface area contributed by atoms with Gasteiger partial charge in [0, 0.05) is 18.8 Å². The second-order valence-corrected chi connectivity index (χ2v) is 7.42. The van der Waals surface area contributed by atoms with Crippen molar-refractivity contribution in [3.8, 4) is 0 Å². The third-order valence-corrected chi connectivity index (χ3v) is 3.83. The van der Waals surface area contributed by atoms with Crippen molar-refractivity contribution >= 4 is 11.8 Å². The molecule has 0 atom stereocenters. The van der Waals surface area contributed by atoms with Gasteiger partial charge in [-0.05, 0) is 75.6 Å². The van der Waals surface area contributed by atoms with Gasteiger partial charge in [0.15, 0.2) is 0 Å². The molecule has 5 nitrogen and oxygen atoms in total. The monoisotopic (exact) mass is 334 g/mol. The number of nitrogen functional groups attached to an aromatic ring is 1. The number of anilines is 1. The Balaban J connectivity index is 1.59. The van der Waals surface area contributed by atoms with Crippen molar-refractivity contribution in [2.75, 3.05) is 18.9 Å². The normalized spacial score (nSPS) is 14.5. The summed E-state index contributed by atoms with van der Waals surface area (Å²) in [6.45, 7) is 7.45. The lowest BCUT2D eigenvalue weighted by atomic mass is 10.0. The minimum atomic E-state index is -0.454. The molecule has 0 aliphatic heterocycles. The molecule has 1 aromatic carbocycles. The van der Waals surface area contributed by atoms with E-state index in [0.717, 1.165) is 18.5 Å². The number of unbranched alkanes of at least 4 members (excludes halogenated alkanes) is 1. The molecule has 0 aromatic heterocycles. The summed E-state index contributed by atoms with van der Waals surface area (Å²) in [7, 11) is 0. The van der Waals surface area contributed by atoms with E-state index in [9.17, 15) is 4.79 Å². The van der Waals surface area contributed by atoms with Gasteiger partial charge in [-0.1, -0.05) is 6.07 Å². The standard InChI is InChI=1S/C19H30N2O3/c1-19(2,3)24-18(22)21-10-4-5-11-23-13-15-12-16(20)8-9-17(15)14-6-7-14/h8-9,12,14H,4-7,10-11,13,20H2,1-3H3,(H,21,22). The predicted octanol–water partition coefficient (Wildman–Crippen LogP) is 3.97. The van der Waals surface area contributed by atoms with Gasteiger partial charge in [0.2, 0.25) is 0 Å². The number of rotatable bonds is 8. The van der Waals surface area contributed by atoms with Crippen LogP contribution in [0, 0.1) is 0 Å². The quantitative estimate of drug-likeness (QED) is 0.557. The van der Waals surface area contributed by atoms with Gasteiger partial charge < -0.3 is 20.5 Å². The Morgan fingerprint density at radius 1 is 1.29 bits per heavy atom. The zero-order valence-corrected chi connectivity index (χ0v) is 15.1. The highest BCUT2D eigenvalue weighted by Gasteiger charge is 2.25. The Morgan fingerprint density at radius 3 is 2.71 bits per heavy atom. The van der Waals surface area contributed by atoms with Crippen molar-refractivity contribution in [3.05, 3.63) is 29.3 Å². The molecule has 24 heavy (non-hydrogen) atoms. The van der Waals surface area contributed by atoms with E-state index in [-0.39, 0.29) is 6.09 Å². The fourth-order valence-electron chi connectivity index (χ4n) is 2.56. The number of carbonyl (C=O) groups is 1. The smallest absolute Gasteiger partial charge is 0.407 e. The zero-order valence-electron chi connectivity index (χ0n) is 15.1. The van der Waals surface area contributed by atoms with E-state index >= 15 is 0 Å². The number of hydrogen-bond acceptors (Lipinski definition) is 4. The van der Waals surface area contributed by atoms with Crippen molar-refractivity contribution in [2.45, 2.75) is 64.6 Å². The molecule has 0 spiro atoms. The summed E-state index contributed by atoms with van der Waals surface area (Å²) in [5.74, 6) is 0.697. The number of carbonyl (C=O) groups excluding carboxylic acids is 1. The topological polar surface area (TPSA) is 73.6 Å². The van der Waals surface area contributed by atoms with Crippen LogP contribution in [0.1, 0.15) is 63.5 Å². The van der Waals surface area contributed by atoms with E-state index in [1.54, 1.807) is 0 Å². The van der Waals surface area contributed by atoms with Crippen LogP contribution < -0.4 is 11.1 Å². The van der Waals surface area contributed by atoms with Gasteiger partial charge >= 0.3 is 6.09 Å². The van der Waals surface area contributed by atoms with Crippen molar-refractivity contribution < 1.29 is 14.3 Å². The average molecular weight is 334 g/mol. The lowest BCUT2D eigenvalue weighted by molar-refractivity contribution is 0.0524. The first-order chi connectivity index (χ1) is 11.3. The molecule has 0 bridgehead atoms. The summed E-state index contributed by atoms with van der Waals surface area (Å²) in [5.41, 5.74) is 8.82. The largest absolute Gasteiger partial charge is 0.444 e. The predicted molar refractivity (Wildman–Crippen MR) is 96.0 cm³/mol. The van der Waals surface area contributed by atoms with E-state index in [1.807, 2.05) is 32.9 Å². The molecule has 1 aliphatic rings. The molecule has 0 unspecified atom stereocenters. The molecule has 3 N–H and O–H groups in total. The third kappa shape index (κ3) is 6.79. The molecule has 5 heteroatoms. The van der Waals surface area contributed by atoms with E-state index < -0.39 is 5.60 Å². The second-order valence-electron chi connectivity index (χ2n) is 7.42. The van der Waals surface area contributed by atoms with Crippen LogP contribution in [0.25, 0.3) is 0 Å². The molecular weight excluding hydrogens is 304 g/mol. The average Bonchev–Trinajstić information content (AvgIpc) is 3.29. The summed E-state index contributed by atoms with van der Waals surface area (Å²) in [4.78, 5) is 11.5. The summed E-state index contributed by atoms with van der Waals surface area (Å²) in [6.07, 6.45) is 3.94. The Hall–Kier alpha value is -1.75. The molecule has 1 aliphatic carbocycles. The molecular formula is C19H30N2O3. The number of hydrogen-bond donors (Lipinski definition) is 2. The number of nitrogens with two attached hydrogens (primary N) is 1. The van der Waals surface area contributed by atoms with Gasteiger partial charge in [-0.2, -0.15) is 0 Å². The minimum absolute atomic E-state index is 0.364. The fraction of sp³-hybridized carbons (Fsp3) is 0.632. The fourth-order valence-corrected chi connectivity index (χ4v) is 2.56. The number of ether oxygens (including phenoxy) is 2. The Morgan fingerprint density at radius 2 is 2.04 bits per heavy atom. The maximum Gasteiger partial charge on any atom is 0.407 e. The van der Waals surface area contributed by atoms with Gasteiger partial charge in [0.1, 0.15) is 5.60 Å². The maximum atomic E-state index is 11.5. The number of nitrogens with one attached hydrogen (secondary N) is 1. The van der Waals surface area contributed by atoms with Gasteiger partial charge in [-0.25, -0.2) is 4.79 Å². The molecule has 1 amide bonds. The lowest BCUT2D eigenvalue weighted by Gasteiger charge is -2.19. The molecule has 0 saturated heterocycles. The Kier molecular flexibility index (Phi) is 6.49. The highest BCUT2D eigenvalue weighted by molar-refractivity contribution is 5.67. The summed E-state index contributed by atoms with van der Waals surface area (Å²) >= 11 is 0. The van der Waals surface area contributed by atoms with Crippen LogP contribution in [0.5, 0.6) is 0 Å². The molecule has 2 rings (SSSR count). The SMILES string of the molecule is CC(C)(C)OC(=O)NCCCCOCc1cc(N)ccc1C1CC1. The number of benzene rings is 1. The van der Waals surface area contributed by atoms with Gasteiger partial charge in [0.25, 0.3) is 0 Å². The first-order valence-corrected chi connectivity index (χ1v) is 8.78. The van der Waals surface area contributed by atoms with Crippen molar-refractivity contribution in [1.82, 2.24) is 5.32 Å². The Labute approximate surface area is 144 Å². The van der Waals surface area contributed by atoms with Crippen molar-refractivity contribution in [1.29, 1.82) is 0 Å². The summed E-state index contributed by atoms with van der Waals surface area (Å²) in [5, 5.41) is 2.75. The minimum Gasteiger partial charge on any atom is -0.444 e. The van der Waals surface area contributed by atoms with Crippen LogP contribution in [-0.4, -0.2) is 24.8 Å². The Bertz CT molecular complexity index is 548. The van der Waals surface area contributed by atoms with Crippen LogP contribution in [-0.2, 0) is 16.1 Å². The van der Waals surface area contributed by atoms with E-state index in [0.29, 0.717) is 25.7 Å². The third-order valence-electron chi connectivity index (χ3n) is 3.83. The van der Waals surface area contributed by atoms with E-state index in [4.69, 9.17) is 15.2 Å². The van der Waals surface area contributed by atoms with Crippen molar-refractivity contribution in [3.63, 3.8) is 0 Å². The van der Waals surface area contributed by atoms with Gasteiger partial charge in [-0.3, -0.25) is 0 Å². The van der Waals surface area contributed by atoms with Crippen LogP contribution >= 0.6 is 0 Å².